The second kappa shape index (κ2) is 9.40. The van der Waals surface area contributed by atoms with Crippen molar-refractivity contribution in [3.63, 3.8) is 0 Å². The van der Waals surface area contributed by atoms with Crippen LogP contribution in [0.5, 0.6) is 0 Å². The van der Waals surface area contributed by atoms with Crippen LogP contribution in [0.25, 0.3) is 5.65 Å². The molecule has 34 heavy (non-hydrogen) atoms. The molecule has 6 rings (SSSR count). The number of hydrogen-bond donors (Lipinski definition) is 2. The minimum absolute atomic E-state index is 0. The summed E-state index contributed by atoms with van der Waals surface area (Å²) in [5.41, 5.74) is 2.72. The van der Waals surface area contributed by atoms with Gasteiger partial charge in [-0.25, -0.2) is 4.52 Å². The van der Waals surface area contributed by atoms with Gasteiger partial charge in [0.05, 0.1) is 17.6 Å². The number of likely N-dealkylation sites (N-methyl/N-ethyl adjacent to an activating group) is 1. The van der Waals surface area contributed by atoms with Crippen LogP contribution in [0, 0.1) is 0 Å². The number of halogens is 1. The topological polar surface area (TPSA) is 98.9 Å². The zero-order chi connectivity index (χ0) is 22.4. The van der Waals surface area contributed by atoms with Crippen molar-refractivity contribution in [2.45, 2.75) is 31.5 Å². The number of nitrogens with zero attached hydrogens (tertiary/aromatic N) is 8. The molecule has 0 aliphatic carbocycles. The quantitative estimate of drug-likeness (QED) is 0.546. The summed E-state index contributed by atoms with van der Waals surface area (Å²) >= 11 is 0. The van der Waals surface area contributed by atoms with E-state index in [4.69, 9.17) is 4.98 Å². The van der Waals surface area contributed by atoms with Gasteiger partial charge in [-0.2, -0.15) is 10.1 Å². The molecule has 3 aliphatic rings. The molecule has 3 saturated heterocycles. The number of carbonyl (C=O) groups excluding carboxylic acids is 1. The number of amides is 1. The summed E-state index contributed by atoms with van der Waals surface area (Å²) in [4.78, 5) is 23.9. The molecule has 3 aromatic rings. The van der Waals surface area contributed by atoms with E-state index in [0.29, 0.717) is 18.0 Å². The predicted octanol–water partition coefficient (Wildman–Crippen LogP) is 0.806. The molecule has 3 aromatic heterocycles. The van der Waals surface area contributed by atoms with Crippen LogP contribution in [0.15, 0.2) is 30.7 Å². The number of anilines is 3. The molecule has 0 aromatic carbocycles. The fourth-order valence-corrected chi connectivity index (χ4v) is 5.12. The van der Waals surface area contributed by atoms with Crippen LogP contribution in [-0.2, 0) is 11.3 Å². The van der Waals surface area contributed by atoms with E-state index >= 15 is 0 Å². The van der Waals surface area contributed by atoms with Gasteiger partial charge in [0, 0.05) is 63.7 Å². The first-order valence-electron chi connectivity index (χ1n) is 11.7. The largest absolute Gasteiger partial charge is 0.365 e. The molecule has 182 valence electrons. The first-order chi connectivity index (χ1) is 16.1. The lowest BCUT2D eigenvalue weighted by molar-refractivity contribution is -0.133. The molecule has 6 heterocycles. The van der Waals surface area contributed by atoms with Crippen molar-refractivity contribution in [1.29, 1.82) is 0 Å². The minimum Gasteiger partial charge on any atom is -0.365 e. The van der Waals surface area contributed by atoms with Gasteiger partial charge in [0.15, 0.2) is 5.65 Å². The molecule has 12 heteroatoms. The van der Waals surface area contributed by atoms with E-state index in [-0.39, 0.29) is 24.9 Å². The maximum absolute atomic E-state index is 12.6. The highest BCUT2D eigenvalue weighted by atomic mass is 35.5. The normalized spacial score (nSPS) is 22.7. The van der Waals surface area contributed by atoms with Crippen LogP contribution < -0.4 is 15.5 Å². The number of hydrogen-bond acceptors (Lipinski definition) is 8. The number of nitrogens with one attached hydrogen (secondary N) is 2. The van der Waals surface area contributed by atoms with Gasteiger partial charge in [0.2, 0.25) is 11.9 Å². The number of rotatable bonds is 5. The fraction of sp³-hybridized carbons (Fsp3) is 0.545. The summed E-state index contributed by atoms with van der Waals surface area (Å²) in [6.45, 7) is 5.59. The summed E-state index contributed by atoms with van der Waals surface area (Å²) in [6, 6.07) is 5.26. The first-order valence-corrected chi connectivity index (χ1v) is 11.7. The van der Waals surface area contributed by atoms with E-state index < -0.39 is 0 Å². The highest BCUT2D eigenvalue weighted by Crippen LogP contribution is 2.28. The Kier molecular flexibility index (Phi) is 6.32. The number of pyridine rings is 1. The third-order valence-electron chi connectivity index (χ3n) is 6.94. The molecule has 11 nitrogen and oxygen atoms in total. The summed E-state index contributed by atoms with van der Waals surface area (Å²) in [5, 5.41) is 15.9. The Morgan fingerprint density at radius 3 is 2.71 bits per heavy atom. The lowest BCUT2D eigenvalue weighted by Crippen LogP contribution is -2.51. The molecule has 0 radical (unpaired) electrons. The van der Waals surface area contributed by atoms with Gasteiger partial charge in [-0.1, -0.05) is 0 Å². The maximum Gasteiger partial charge on any atom is 0.247 e. The van der Waals surface area contributed by atoms with Crippen LogP contribution in [0.3, 0.4) is 0 Å². The lowest BCUT2D eigenvalue weighted by Gasteiger charge is -2.34. The number of fused-ring (bicyclic) bond motifs is 3. The van der Waals surface area contributed by atoms with Gasteiger partial charge in [0.1, 0.15) is 6.54 Å². The van der Waals surface area contributed by atoms with Crippen molar-refractivity contribution >= 4 is 41.3 Å². The van der Waals surface area contributed by atoms with Gasteiger partial charge in [-0.15, -0.1) is 17.5 Å². The fourth-order valence-electron chi connectivity index (χ4n) is 5.12. The van der Waals surface area contributed by atoms with E-state index in [9.17, 15) is 4.79 Å². The first kappa shape index (κ1) is 22.9. The Labute approximate surface area is 204 Å². The van der Waals surface area contributed by atoms with Crippen LogP contribution in [-0.4, -0.2) is 98.5 Å². The molecular weight excluding hydrogens is 456 g/mol. The van der Waals surface area contributed by atoms with Crippen LogP contribution in [0.1, 0.15) is 12.8 Å². The Balaban J connectivity index is 0.00000241. The third-order valence-corrected chi connectivity index (χ3v) is 6.94. The number of carbonyl (C=O) groups is 1. The van der Waals surface area contributed by atoms with Crippen molar-refractivity contribution in [2.75, 3.05) is 56.5 Å². The molecular formula is C22H31ClN10O. The van der Waals surface area contributed by atoms with E-state index in [0.717, 1.165) is 56.3 Å². The molecule has 3 aliphatic heterocycles. The predicted molar refractivity (Wildman–Crippen MR) is 132 cm³/mol. The highest BCUT2D eigenvalue weighted by molar-refractivity contribution is 5.85. The molecule has 0 spiro atoms. The summed E-state index contributed by atoms with van der Waals surface area (Å²) < 4.78 is 3.49. The Morgan fingerprint density at radius 2 is 1.94 bits per heavy atom. The van der Waals surface area contributed by atoms with E-state index in [1.54, 1.807) is 10.9 Å². The Bertz CT molecular complexity index is 1140. The lowest BCUT2D eigenvalue weighted by atomic mass is 10.2. The zero-order valence-electron chi connectivity index (χ0n) is 19.3. The highest BCUT2D eigenvalue weighted by Gasteiger charge is 2.33. The molecule has 2 bridgehead atoms. The summed E-state index contributed by atoms with van der Waals surface area (Å²) in [7, 11) is 2.08. The maximum atomic E-state index is 12.6. The van der Waals surface area contributed by atoms with Gasteiger partial charge in [0.25, 0.3) is 0 Å². The van der Waals surface area contributed by atoms with E-state index in [1.165, 1.54) is 12.8 Å². The Morgan fingerprint density at radius 1 is 1.18 bits per heavy atom. The van der Waals surface area contributed by atoms with Gasteiger partial charge in [-0.3, -0.25) is 9.48 Å². The summed E-state index contributed by atoms with van der Waals surface area (Å²) in [6.07, 6.45) is 7.94. The third kappa shape index (κ3) is 4.55. The van der Waals surface area contributed by atoms with Crippen LogP contribution >= 0.6 is 12.4 Å². The second-order valence-electron chi connectivity index (χ2n) is 9.38. The molecule has 2 N–H and O–H groups in total. The summed E-state index contributed by atoms with van der Waals surface area (Å²) in [5.74, 6) is 0.615. The molecule has 1 amide bonds. The minimum atomic E-state index is 0. The monoisotopic (exact) mass is 486 g/mol. The SMILES string of the molecule is CN1CCN(C(=O)Cn2cc(Nc3nc4c(N5CC6CCC(C5)N6)cccn4n3)cn2)CC1.Cl. The number of aromatic nitrogens is 5. The van der Waals surface area contributed by atoms with Crippen molar-refractivity contribution < 1.29 is 4.79 Å². The Hall–Kier alpha value is -2.89. The van der Waals surface area contributed by atoms with Crippen LogP contribution in [0.4, 0.5) is 17.3 Å². The van der Waals surface area contributed by atoms with Crippen molar-refractivity contribution in [3.05, 3.63) is 30.7 Å². The smallest absolute Gasteiger partial charge is 0.247 e. The molecule has 2 unspecified atom stereocenters. The number of piperazine rings is 2. The molecule has 2 atom stereocenters. The van der Waals surface area contributed by atoms with Gasteiger partial charge < -0.3 is 25.3 Å². The van der Waals surface area contributed by atoms with Gasteiger partial charge >= 0.3 is 0 Å². The molecule has 3 fully saturated rings. The zero-order valence-corrected chi connectivity index (χ0v) is 20.1. The standard InChI is InChI=1S/C22H30N10O.ClH/c1-28-7-9-29(10-8-28)20(33)15-31-14-18(11-23-31)25-22-26-21-19(3-2-6-32(21)27-22)30-12-16-4-5-17(13-30)24-16;/h2-3,6,11,14,16-17,24H,4-5,7-10,12-13,15H2,1H3,(H,25,27);1H. The van der Waals surface area contributed by atoms with E-state index in [1.807, 2.05) is 27.9 Å². The molecule has 0 saturated carbocycles. The second-order valence-corrected chi connectivity index (χ2v) is 9.38. The van der Waals surface area contributed by atoms with E-state index in [2.05, 4.69) is 43.7 Å². The van der Waals surface area contributed by atoms with Crippen molar-refractivity contribution in [1.82, 2.24) is 39.5 Å². The van der Waals surface area contributed by atoms with Crippen molar-refractivity contribution in [3.8, 4) is 0 Å². The average molecular weight is 487 g/mol. The van der Waals surface area contributed by atoms with Gasteiger partial charge in [-0.05, 0) is 32.0 Å². The average Bonchev–Trinajstić information content (AvgIpc) is 3.52. The van der Waals surface area contributed by atoms with Crippen LogP contribution in [0.2, 0.25) is 0 Å². The van der Waals surface area contributed by atoms with Crippen molar-refractivity contribution in [2.24, 2.45) is 0 Å².